The van der Waals surface area contributed by atoms with Crippen LogP contribution in [0.5, 0.6) is 0 Å². The molecule has 1 aromatic rings. The average Bonchev–Trinajstić information content (AvgIpc) is 2.62. The Hall–Kier alpha value is -1.88. The first kappa shape index (κ1) is 19.4. The van der Waals surface area contributed by atoms with E-state index in [0.29, 0.717) is 38.8 Å². The zero-order valence-corrected chi connectivity index (χ0v) is 15.3. The molecule has 1 aromatic carbocycles. The second kappa shape index (κ2) is 9.56. The first-order chi connectivity index (χ1) is 12.0. The van der Waals surface area contributed by atoms with Gasteiger partial charge in [-0.1, -0.05) is 37.3 Å². The van der Waals surface area contributed by atoms with Gasteiger partial charge in [0.25, 0.3) is 0 Å². The number of amides is 2. The number of hydrogen-bond donors (Lipinski definition) is 2. The Kier molecular flexibility index (Phi) is 7.44. The lowest BCUT2D eigenvalue weighted by Crippen LogP contribution is -2.48. The second-order valence-corrected chi connectivity index (χ2v) is 6.96. The molecule has 2 N–H and O–H groups in total. The van der Waals surface area contributed by atoms with Gasteiger partial charge in [0, 0.05) is 31.8 Å². The first-order valence-corrected chi connectivity index (χ1v) is 9.31. The lowest BCUT2D eigenvalue weighted by Gasteiger charge is -2.32. The Morgan fingerprint density at radius 3 is 2.48 bits per heavy atom. The molecule has 1 aliphatic heterocycles. The van der Waals surface area contributed by atoms with Crippen molar-refractivity contribution < 1.29 is 14.7 Å². The zero-order valence-electron chi connectivity index (χ0n) is 15.3. The molecule has 0 radical (unpaired) electrons. The summed E-state index contributed by atoms with van der Waals surface area (Å²) in [5.74, 6) is 0.104. The number of carbonyl (C=O) groups is 2. The molecule has 5 heteroatoms. The van der Waals surface area contributed by atoms with Gasteiger partial charge in [0.15, 0.2) is 0 Å². The molecule has 0 bridgehead atoms. The van der Waals surface area contributed by atoms with E-state index >= 15 is 0 Å². The van der Waals surface area contributed by atoms with E-state index < -0.39 is 6.10 Å². The van der Waals surface area contributed by atoms with Gasteiger partial charge in [-0.15, -0.1) is 0 Å². The number of benzene rings is 1. The summed E-state index contributed by atoms with van der Waals surface area (Å²) < 4.78 is 0. The van der Waals surface area contributed by atoms with Gasteiger partial charge in [-0.25, -0.2) is 0 Å². The molecular weight excluding hydrogens is 316 g/mol. The highest BCUT2D eigenvalue weighted by Crippen LogP contribution is 2.19. The molecule has 5 nitrogen and oxygen atoms in total. The monoisotopic (exact) mass is 346 g/mol. The van der Waals surface area contributed by atoms with Crippen molar-refractivity contribution in [3.8, 4) is 0 Å². The normalized spacial score (nSPS) is 17.8. The quantitative estimate of drug-likeness (QED) is 0.795. The fourth-order valence-electron chi connectivity index (χ4n) is 3.23. The molecule has 2 amide bonds. The van der Waals surface area contributed by atoms with Crippen LogP contribution < -0.4 is 5.32 Å². The van der Waals surface area contributed by atoms with Gasteiger partial charge in [0.05, 0.1) is 12.1 Å². The van der Waals surface area contributed by atoms with Crippen molar-refractivity contribution in [2.75, 3.05) is 13.1 Å². The number of aliphatic hydroxyl groups excluding tert-OH is 1. The Labute approximate surface area is 150 Å². The van der Waals surface area contributed by atoms with Crippen LogP contribution in [0.1, 0.15) is 45.1 Å². The largest absolute Gasteiger partial charge is 0.391 e. The summed E-state index contributed by atoms with van der Waals surface area (Å²) in [5, 5.41) is 13.3. The lowest BCUT2D eigenvalue weighted by atomic mass is 9.94. The molecule has 2 rings (SSSR count). The third kappa shape index (κ3) is 5.85. The van der Waals surface area contributed by atoms with Crippen molar-refractivity contribution >= 4 is 11.8 Å². The minimum atomic E-state index is -0.613. The van der Waals surface area contributed by atoms with Crippen LogP contribution in [0.15, 0.2) is 30.3 Å². The van der Waals surface area contributed by atoms with Gasteiger partial charge in [-0.2, -0.15) is 0 Å². The number of carbonyl (C=O) groups excluding carboxylic acids is 2. The lowest BCUT2D eigenvalue weighted by molar-refractivity contribution is -0.136. The molecule has 0 saturated carbocycles. The van der Waals surface area contributed by atoms with Crippen molar-refractivity contribution in [2.24, 2.45) is 5.92 Å². The number of aliphatic hydroxyl groups is 1. The Balaban J connectivity index is 1.77. The highest BCUT2D eigenvalue weighted by atomic mass is 16.3. The molecule has 1 saturated heterocycles. The summed E-state index contributed by atoms with van der Waals surface area (Å²) in [7, 11) is 0. The molecule has 138 valence electrons. The summed E-state index contributed by atoms with van der Waals surface area (Å²) in [4.78, 5) is 26.2. The standard InChI is InChI=1S/C20H30N2O3/c1-3-7-19(24)22-12-10-17(11-13-22)20(25)21-15(2)18(23)14-16-8-5-4-6-9-16/h4-6,8-9,15,17-18,23H,3,7,10-14H2,1-2H3,(H,21,25). The molecule has 0 aliphatic carbocycles. The van der Waals surface area contributed by atoms with Crippen LogP contribution in [0.2, 0.25) is 0 Å². The molecule has 25 heavy (non-hydrogen) atoms. The highest BCUT2D eigenvalue weighted by molar-refractivity contribution is 5.80. The van der Waals surface area contributed by atoms with E-state index in [1.165, 1.54) is 0 Å². The number of hydrogen-bond acceptors (Lipinski definition) is 3. The van der Waals surface area contributed by atoms with Gasteiger partial charge in [0.2, 0.25) is 11.8 Å². The maximum atomic E-state index is 12.4. The van der Waals surface area contributed by atoms with Crippen molar-refractivity contribution in [1.82, 2.24) is 10.2 Å². The van der Waals surface area contributed by atoms with E-state index in [0.717, 1.165) is 12.0 Å². The second-order valence-electron chi connectivity index (χ2n) is 6.96. The third-order valence-electron chi connectivity index (χ3n) is 4.92. The molecule has 1 fully saturated rings. The van der Waals surface area contributed by atoms with Crippen LogP contribution in [0.4, 0.5) is 0 Å². The van der Waals surface area contributed by atoms with Gasteiger partial charge >= 0.3 is 0 Å². The van der Waals surface area contributed by atoms with Crippen molar-refractivity contribution in [1.29, 1.82) is 0 Å². The fourth-order valence-corrected chi connectivity index (χ4v) is 3.23. The van der Waals surface area contributed by atoms with Gasteiger partial charge in [-0.05, 0) is 31.7 Å². The predicted octanol–water partition coefficient (Wildman–Crippen LogP) is 2.13. The third-order valence-corrected chi connectivity index (χ3v) is 4.92. The van der Waals surface area contributed by atoms with Gasteiger partial charge < -0.3 is 15.3 Å². The van der Waals surface area contributed by atoms with Crippen molar-refractivity contribution in [3.05, 3.63) is 35.9 Å². The molecule has 1 aliphatic rings. The number of nitrogens with one attached hydrogen (secondary N) is 1. The molecular formula is C20H30N2O3. The fraction of sp³-hybridized carbons (Fsp3) is 0.600. The summed E-state index contributed by atoms with van der Waals surface area (Å²) in [6, 6.07) is 9.48. The number of rotatable bonds is 7. The number of nitrogens with zero attached hydrogens (tertiary/aromatic N) is 1. The van der Waals surface area contributed by atoms with E-state index in [1.807, 2.05) is 49.1 Å². The van der Waals surface area contributed by atoms with Crippen LogP contribution in [0.3, 0.4) is 0 Å². The van der Waals surface area contributed by atoms with Gasteiger partial charge in [-0.3, -0.25) is 9.59 Å². The maximum absolute atomic E-state index is 12.4. The number of piperidine rings is 1. The van der Waals surface area contributed by atoms with Crippen LogP contribution in [-0.2, 0) is 16.0 Å². The molecule has 2 atom stereocenters. The molecule has 0 aromatic heterocycles. The Morgan fingerprint density at radius 2 is 1.88 bits per heavy atom. The topological polar surface area (TPSA) is 69.6 Å². The van der Waals surface area contributed by atoms with E-state index in [4.69, 9.17) is 0 Å². The minimum Gasteiger partial charge on any atom is -0.391 e. The summed E-state index contributed by atoms with van der Waals surface area (Å²) in [6.45, 7) is 5.14. The first-order valence-electron chi connectivity index (χ1n) is 9.31. The molecule has 2 unspecified atom stereocenters. The average molecular weight is 346 g/mol. The summed E-state index contributed by atoms with van der Waals surface area (Å²) in [5.41, 5.74) is 1.05. The Bertz CT molecular complexity index is 553. The van der Waals surface area contributed by atoms with E-state index in [-0.39, 0.29) is 23.8 Å². The van der Waals surface area contributed by atoms with Crippen molar-refractivity contribution in [3.63, 3.8) is 0 Å². The summed E-state index contributed by atoms with van der Waals surface area (Å²) >= 11 is 0. The van der Waals surface area contributed by atoms with Gasteiger partial charge in [0.1, 0.15) is 0 Å². The molecule has 0 spiro atoms. The Morgan fingerprint density at radius 1 is 1.24 bits per heavy atom. The highest BCUT2D eigenvalue weighted by Gasteiger charge is 2.28. The van der Waals surface area contributed by atoms with Crippen LogP contribution in [-0.4, -0.2) is 47.1 Å². The SMILES string of the molecule is CCCC(=O)N1CCC(C(=O)NC(C)C(O)Cc2ccccc2)CC1. The van der Waals surface area contributed by atoms with E-state index in [2.05, 4.69) is 5.32 Å². The number of likely N-dealkylation sites (tertiary alicyclic amines) is 1. The van der Waals surface area contributed by atoms with E-state index in [9.17, 15) is 14.7 Å². The predicted molar refractivity (Wildman–Crippen MR) is 98.0 cm³/mol. The van der Waals surface area contributed by atoms with Crippen LogP contribution in [0, 0.1) is 5.92 Å². The van der Waals surface area contributed by atoms with Crippen molar-refractivity contribution in [2.45, 2.75) is 58.1 Å². The minimum absolute atomic E-state index is 0.0118. The van der Waals surface area contributed by atoms with Crippen LogP contribution >= 0.6 is 0 Å². The zero-order chi connectivity index (χ0) is 18.2. The molecule has 1 heterocycles. The van der Waals surface area contributed by atoms with Crippen LogP contribution in [0.25, 0.3) is 0 Å². The maximum Gasteiger partial charge on any atom is 0.223 e. The van der Waals surface area contributed by atoms with E-state index in [1.54, 1.807) is 0 Å². The summed E-state index contributed by atoms with van der Waals surface area (Å²) in [6.07, 6.45) is 2.74. The smallest absolute Gasteiger partial charge is 0.223 e.